The predicted molar refractivity (Wildman–Crippen MR) is 97.7 cm³/mol. The summed E-state index contributed by atoms with van der Waals surface area (Å²) in [5.41, 5.74) is 4.12. The predicted octanol–water partition coefficient (Wildman–Crippen LogP) is 3.33. The van der Waals surface area contributed by atoms with E-state index in [-0.39, 0.29) is 12.3 Å². The van der Waals surface area contributed by atoms with Crippen molar-refractivity contribution in [2.75, 3.05) is 0 Å². The van der Waals surface area contributed by atoms with E-state index in [2.05, 4.69) is 15.5 Å². The normalized spacial score (nSPS) is 11.7. The molecule has 3 N–H and O–H groups in total. The zero-order valence-electron chi connectivity index (χ0n) is 14.3. The number of hydrogen-bond acceptors (Lipinski definition) is 3. The molecule has 1 heterocycles. The Balaban J connectivity index is 1.81. The van der Waals surface area contributed by atoms with Gasteiger partial charge in [-0.2, -0.15) is 5.10 Å². The summed E-state index contributed by atoms with van der Waals surface area (Å²) in [5.74, 6) is -1.27. The minimum atomic E-state index is -0.967. The van der Waals surface area contributed by atoms with Gasteiger partial charge in [-0.05, 0) is 35.7 Å². The first-order chi connectivity index (χ1) is 12.5. The highest BCUT2D eigenvalue weighted by Gasteiger charge is 2.19. The van der Waals surface area contributed by atoms with Crippen LogP contribution < -0.4 is 5.32 Å². The quantitative estimate of drug-likeness (QED) is 0.636. The summed E-state index contributed by atoms with van der Waals surface area (Å²) in [6.07, 6.45) is 3.34. The largest absolute Gasteiger partial charge is 0.481 e. The molecular weight excluding hydrogens is 330 g/mol. The lowest BCUT2D eigenvalue weighted by atomic mass is 9.99. The number of rotatable bonds is 6. The Morgan fingerprint density at radius 2 is 1.96 bits per heavy atom. The zero-order valence-corrected chi connectivity index (χ0v) is 14.3. The molecule has 1 atom stereocenters. The van der Waals surface area contributed by atoms with Crippen LogP contribution in [0, 0.1) is 6.92 Å². The summed E-state index contributed by atoms with van der Waals surface area (Å²) >= 11 is 0. The van der Waals surface area contributed by atoms with Gasteiger partial charge in [0.15, 0.2) is 0 Å². The van der Waals surface area contributed by atoms with Crippen LogP contribution in [0.15, 0.2) is 60.9 Å². The molecule has 0 saturated carbocycles. The van der Waals surface area contributed by atoms with Crippen molar-refractivity contribution in [1.29, 1.82) is 0 Å². The van der Waals surface area contributed by atoms with Gasteiger partial charge in [-0.3, -0.25) is 14.7 Å². The third-order valence-electron chi connectivity index (χ3n) is 4.18. The standard InChI is InChI=1S/C20H19N3O3/c1-13-9-15(7-8-17(13)16-11-21-22-12-16)20(26)23-18(10-19(24)25)14-5-3-2-4-6-14/h2-9,11-12,18H,10H2,1H3,(H,21,22)(H,23,26)(H,24,25). The molecule has 1 unspecified atom stereocenters. The van der Waals surface area contributed by atoms with E-state index in [9.17, 15) is 9.59 Å². The Morgan fingerprint density at radius 3 is 2.58 bits per heavy atom. The van der Waals surface area contributed by atoms with Gasteiger partial charge in [-0.1, -0.05) is 36.4 Å². The van der Waals surface area contributed by atoms with Crippen molar-refractivity contribution in [3.63, 3.8) is 0 Å². The number of carbonyl (C=O) groups excluding carboxylic acids is 1. The molecule has 0 saturated heterocycles. The molecule has 6 heteroatoms. The molecule has 0 radical (unpaired) electrons. The van der Waals surface area contributed by atoms with Gasteiger partial charge < -0.3 is 10.4 Å². The van der Waals surface area contributed by atoms with E-state index >= 15 is 0 Å². The van der Waals surface area contributed by atoms with Gasteiger partial charge >= 0.3 is 5.97 Å². The molecule has 0 aliphatic rings. The van der Waals surface area contributed by atoms with Crippen LogP contribution in [-0.4, -0.2) is 27.2 Å². The molecule has 0 aliphatic heterocycles. The first kappa shape index (κ1) is 17.4. The third kappa shape index (κ3) is 3.97. The number of carboxylic acid groups (broad SMARTS) is 1. The SMILES string of the molecule is Cc1cc(C(=O)NC(CC(=O)O)c2ccccc2)ccc1-c1cn[nH]c1. The fourth-order valence-electron chi connectivity index (χ4n) is 2.88. The van der Waals surface area contributed by atoms with Crippen molar-refractivity contribution in [3.8, 4) is 11.1 Å². The summed E-state index contributed by atoms with van der Waals surface area (Å²) in [6.45, 7) is 1.92. The van der Waals surface area contributed by atoms with E-state index in [4.69, 9.17) is 5.11 Å². The van der Waals surface area contributed by atoms with Crippen molar-refractivity contribution in [2.24, 2.45) is 0 Å². The molecule has 1 amide bonds. The molecule has 1 aromatic heterocycles. The number of nitrogens with zero attached hydrogens (tertiary/aromatic N) is 1. The molecule has 2 aromatic carbocycles. The number of aromatic nitrogens is 2. The van der Waals surface area contributed by atoms with E-state index in [1.165, 1.54) is 0 Å². The zero-order chi connectivity index (χ0) is 18.5. The Morgan fingerprint density at radius 1 is 1.19 bits per heavy atom. The fourth-order valence-corrected chi connectivity index (χ4v) is 2.88. The summed E-state index contributed by atoms with van der Waals surface area (Å²) < 4.78 is 0. The van der Waals surface area contributed by atoms with Crippen LogP contribution in [0.25, 0.3) is 11.1 Å². The second-order valence-corrected chi connectivity index (χ2v) is 6.05. The van der Waals surface area contributed by atoms with Gasteiger partial charge in [-0.15, -0.1) is 0 Å². The van der Waals surface area contributed by atoms with Crippen molar-refractivity contribution < 1.29 is 14.7 Å². The van der Waals surface area contributed by atoms with Crippen LogP contribution in [0.2, 0.25) is 0 Å². The second-order valence-electron chi connectivity index (χ2n) is 6.05. The van der Waals surface area contributed by atoms with Crippen LogP contribution in [0.5, 0.6) is 0 Å². The third-order valence-corrected chi connectivity index (χ3v) is 4.18. The van der Waals surface area contributed by atoms with E-state index in [1.807, 2.05) is 31.2 Å². The highest BCUT2D eigenvalue weighted by Crippen LogP contribution is 2.24. The first-order valence-electron chi connectivity index (χ1n) is 8.22. The molecule has 0 aliphatic carbocycles. The number of aromatic amines is 1. The number of nitrogens with one attached hydrogen (secondary N) is 2. The molecule has 0 bridgehead atoms. The van der Waals surface area contributed by atoms with Gasteiger partial charge in [0, 0.05) is 17.3 Å². The van der Waals surface area contributed by atoms with Crippen LogP contribution in [0.3, 0.4) is 0 Å². The summed E-state index contributed by atoms with van der Waals surface area (Å²) in [5, 5.41) is 18.7. The van der Waals surface area contributed by atoms with Crippen LogP contribution >= 0.6 is 0 Å². The molecule has 26 heavy (non-hydrogen) atoms. The topological polar surface area (TPSA) is 95.1 Å². The first-order valence-corrected chi connectivity index (χ1v) is 8.22. The lowest BCUT2D eigenvalue weighted by Gasteiger charge is -2.18. The smallest absolute Gasteiger partial charge is 0.305 e. The van der Waals surface area contributed by atoms with E-state index in [1.54, 1.807) is 36.7 Å². The summed E-state index contributed by atoms with van der Waals surface area (Å²) in [7, 11) is 0. The Hall–Kier alpha value is -3.41. The van der Waals surface area contributed by atoms with E-state index in [0.29, 0.717) is 5.56 Å². The molecule has 132 valence electrons. The van der Waals surface area contributed by atoms with Crippen LogP contribution in [-0.2, 0) is 4.79 Å². The number of hydrogen-bond donors (Lipinski definition) is 3. The monoisotopic (exact) mass is 349 g/mol. The maximum atomic E-state index is 12.6. The molecule has 3 aromatic rings. The number of carboxylic acids is 1. The Bertz CT molecular complexity index is 905. The van der Waals surface area contributed by atoms with Gasteiger partial charge in [0.05, 0.1) is 18.7 Å². The molecule has 3 rings (SSSR count). The van der Waals surface area contributed by atoms with Crippen molar-refractivity contribution >= 4 is 11.9 Å². The number of amides is 1. The number of aliphatic carboxylic acids is 1. The molecule has 0 fully saturated rings. The van der Waals surface area contributed by atoms with Gasteiger partial charge in [-0.25, -0.2) is 0 Å². The maximum Gasteiger partial charge on any atom is 0.305 e. The number of H-pyrrole nitrogens is 1. The summed E-state index contributed by atoms with van der Waals surface area (Å²) in [4.78, 5) is 23.8. The van der Waals surface area contributed by atoms with Crippen molar-refractivity contribution in [1.82, 2.24) is 15.5 Å². The fraction of sp³-hybridized carbons (Fsp3) is 0.150. The minimum absolute atomic E-state index is 0.179. The number of aryl methyl sites for hydroxylation is 1. The Kier molecular flexibility index (Phi) is 5.12. The van der Waals surface area contributed by atoms with Crippen LogP contribution in [0.1, 0.15) is 33.9 Å². The number of benzene rings is 2. The maximum absolute atomic E-state index is 12.6. The Labute approximate surface area is 150 Å². The average molecular weight is 349 g/mol. The molecule has 6 nitrogen and oxygen atoms in total. The average Bonchev–Trinajstić information content (AvgIpc) is 3.15. The molecule has 0 spiro atoms. The molecular formula is C20H19N3O3. The minimum Gasteiger partial charge on any atom is -0.481 e. The number of carbonyl (C=O) groups is 2. The van der Waals surface area contributed by atoms with Gasteiger partial charge in [0.1, 0.15) is 0 Å². The lowest BCUT2D eigenvalue weighted by Crippen LogP contribution is -2.30. The highest BCUT2D eigenvalue weighted by atomic mass is 16.4. The highest BCUT2D eigenvalue weighted by molar-refractivity contribution is 5.95. The van der Waals surface area contributed by atoms with Crippen LogP contribution in [0.4, 0.5) is 0 Å². The van der Waals surface area contributed by atoms with Crippen molar-refractivity contribution in [3.05, 3.63) is 77.6 Å². The van der Waals surface area contributed by atoms with E-state index in [0.717, 1.165) is 22.3 Å². The summed E-state index contributed by atoms with van der Waals surface area (Å²) in [6, 6.07) is 13.9. The van der Waals surface area contributed by atoms with Gasteiger partial charge in [0.2, 0.25) is 0 Å². The van der Waals surface area contributed by atoms with E-state index < -0.39 is 12.0 Å². The van der Waals surface area contributed by atoms with Gasteiger partial charge in [0.25, 0.3) is 5.91 Å². The van der Waals surface area contributed by atoms with Crippen molar-refractivity contribution in [2.45, 2.75) is 19.4 Å². The lowest BCUT2D eigenvalue weighted by molar-refractivity contribution is -0.137. The second kappa shape index (κ2) is 7.65.